The third-order valence-electron chi connectivity index (χ3n) is 4.83. The van der Waals surface area contributed by atoms with E-state index in [1.807, 2.05) is 73.2 Å². The van der Waals surface area contributed by atoms with Gasteiger partial charge in [0, 0.05) is 25.2 Å². The molecule has 0 aromatic heterocycles. The zero-order chi connectivity index (χ0) is 23.5. The minimum Gasteiger partial charge on any atom is -0.465 e. The summed E-state index contributed by atoms with van der Waals surface area (Å²) in [7, 11) is 4.70. The Hall–Kier alpha value is -3.99. The van der Waals surface area contributed by atoms with Gasteiger partial charge in [0.15, 0.2) is 5.71 Å². The van der Waals surface area contributed by atoms with E-state index < -0.39 is 0 Å². The number of likely N-dealkylation sites (N-methyl/N-ethyl adjacent to an activating group) is 1. The second-order valence-electron chi connectivity index (χ2n) is 6.92. The third kappa shape index (κ3) is 6.77. The maximum absolute atomic E-state index is 11.6. The van der Waals surface area contributed by atoms with Gasteiger partial charge in [-0.25, -0.2) is 9.59 Å². The lowest BCUT2D eigenvalue weighted by atomic mass is 10.1. The summed E-state index contributed by atoms with van der Waals surface area (Å²) < 4.78 is 11.5. The van der Waals surface area contributed by atoms with Crippen LogP contribution in [0.1, 0.15) is 38.8 Å². The van der Waals surface area contributed by atoms with E-state index >= 15 is 0 Å². The van der Waals surface area contributed by atoms with Gasteiger partial charge in [-0.2, -0.15) is 4.58 Å². The largest absolute Gasteiger partial charge is 0.465 e. The van der Waals surface area contributed by atoms with E-state index in [0.717, 1.165) is 22.5 Å². The van der Waals surface area contributed by atoms with Gasteiger partial charge in [-0.15, -0.1) is 0 Å². The van der Waals surface area contributed by atoms with Crippen molar-refractivity contribution < 1.29 is 23.6 Å². The van der Waals surface area contributed by atoms with Gasteiger partial charge in [0.25, 0.3) is 0 Å². The van der Waals surface area contributed by atoms with Crippen LogP contribution in [-0.2, 0) is 9.47 Å². The maximum Gasteiger partial charge on any atom is 0.337 e. The third-order valence-corrected chi connectivity index (χ3v) is 4.83. The molecule has 0 radical (unpaired) electrons. The van der Waals surface area contributed by atoms with Gasteiger partial charge in [0.05, 0.1) is 25.3 Å². The number of carbonyl (C=O) groups is 2. The number of rotatable bonds is 8. The first-order valence-corrected chi connectivity index (χ1v) is 10.0. The second kappa shape index (κ2) is 12.0. The Bertz CT molecular complexity index is 1090. The fourth-order valence-corrected chi connectivity index (χ4v) is 2.81. The van der Waals surface area contributed by atoms with E-state index in [4.69, 9.17) is 9.47 Å². The van der Waals surface area contributed by atoms with E-state index in [-0.39, 0.29) is 11.9 Å². The molecule has 0 amide bonds. The van der Waals surface area contributed by atoms with Crippen LogP contribution in [-0.4, -0.2) is 43.5 Å². The zero-order valence-electron chi connectivity index (χ0n) is 18.9. The molecule has 2 aromatic rings. The van der Waals surface area contributed by atoms with Crippen molar-refractivity contribution in [3.8, 4) is 0 Å². The van der Waals surface area contributed by atoms with Crippen LogP contribution < -0.4 is 0 Å². The second-order valence-corrected chi connectivity index (χ2v) is 6.92. The Balaban J connectivity index is 2.19. The number of benzene rings is 2. The van der Waals surface area contributed by atoms with Gasteiger partial charge in [-0.1, -0.05) is 36.9 Å². The van der Waals surface area contributed by atoms with Crippen molar-refractivity contribution in [2.75, 3.05) is 21.3 Å². The molecule has 32 heavy (non-hydrogen) atoms. The zero-order valence-corrected chi connectivity index (χ0v) is 18.9. The number of hydrogen-bond donors (Lipinski definition) is 0. The number of esters is 2. The van der Waals surface area contributed by atoms with Crippen LogP contribution in [0.4, 0.5) is 0 Å². The molecule has 0 unspecified atom stereocenters. The number of methoxy groups -OCH3 is 2. The fraction of sp³-hybridized carbons (Fsp3) is 0.148. The normalized spacial score (nSPS) is 12.6. The van der Waals surface area contributed by atoms with Gasteiger partial charge in [-0.3, -0.25) is 0 Å². The summed E-state index contributed by atoms with van der Waals surface area (Å²) >= 11 is 0. The Morgan fingerprint density at radius 3 is 1.66 bits per heavy atom. The van der Waals surface area contributed by atoms with Crippen molar-refractivity contribution >= 4 is 29.8 Å². The lowest BCUT2D eigenvalue weighted by Crippen LogP contribution is -2.11. The van der Waals surface area contributed by atoms with Gasteiger partial charge in [0.1, 0.15) is 7.05 Å². The molecule has 5 nitrogen and oxygen atoms in total. The van der Waals surface area contributed by atoms with Gasteiger partial charge >= 0.3 is 11.9 Å². The first-order valence-electron chi connectivity index (χ1n) is 10.0. The molecule has 164 valence electrons. The van der Waals surface area contributed by atoms with Crippen LogP contribution in [0.2, 0.25) is 0 Å². The lowest BCUT2D eigenvalue weighted by Gasteiger charge is -2.02. The maximum atomic E-state index is 11.6. The van der Waals surface area contributed by atoms with Crippen molar-refractivity contribution in [1.82, 2.24) is 0 Å². The number of hydrogen-bond acceptors (Lipinski definition) is 4. The van der Waals surface area contributed by atoms with Gasteiger partial charge in [0.2, 0.25) is 5.70 Å². The molecule has 0 spiro atoms. The van der Waals surface area contributed by atoms with Crippen molar-refractivity contribution in [3.63, 3.8) is 0 Å². The van der Waals surface area contributed by atoms with Crippen molar-refractivity contribution in [2.45, 2.75) is 6.92 Å². The Labute approximate surface area is 189 Å². The molecule has 0 atom stereocenters. The van der Waals surface area contributed by atoms with E-state index in [9.17, 15) is 9.59 Å². The molecule has 0 bridgehead atoms. The molecule has 0 aliphatic heterocycles. The quantitative estimate of drug-likeness (QED) is 0.251. The Morgan fingerprint density at radius 1 is 0.812 bits per heavy atom. The molecule has 2 rings (SSSR count). The summed E-state index contributed by atoms with van der Waals surface area (Å²) in [6.07, 6.45) is 11.6. The fourth-order valence-electron chi connectivity index (χ4n) is 2.81. The monoisotopic (exact) mass is 430 g/mol. The van der Waals surface area contributed by atoms with Crippen molar-refractivity contribution in [2.24, 2.45) is 0 Å². The smallest absolute Gasteiger partial charge is 0.337 e. The van der Waals surface area contributed by atoms with Crippen LogP contribution >= 0.6 is 0 Å². The highest BCUT2D eigenvalue weighted by atomic mass is 16.5. The first-order chi connectivity index (χ1) is 15.4. The Morgan fingerprint density at radius 2 is 1.25 bits per heavy atom. The van der Waals surface area contributed by atoms with Crippen molar-refractivity contribution in [3.05, 3.63) is 107 Å². The van der Waals surface area contributed by atoms with Crippen molar-refractivity contribution in [1.29, 1.82) is 0 Å². The van der Waals surface area contributed by atoms with E-state index in [1.54, 1.807) is 30.3 Å². The summed E-state index contributed by atoms with van der Waals surface area (Å²) in [5, 5.41) is 0. The highest BCUT2D eigenvalue weighted by molar-refractivity contribution is 5.93. The molecular formula is C27H28NO4+. The van der Waals surface area contributed by atoms with Gasteiger partial charge < -0.3 is 9.47 Å². The van der Waals surface area contributed by atoms with E-state index in [0.29, 0.717) is 11.1 Å². The van der Waals surface area contributed by atoms with Gasteiger partial charge in [-0.05, 0) is 47.5 Å². The van der Waals surface area contributed by atoms with Crippen LogP contribution in [0.5, 0.6) is 0 Å². The average Bonchev–Trinajstić information content (AvgIpc) is 2.84. The predicted octanol–water partition coefficient (Wildman–Crippen LogP) is 5.16. The minimum absolute atomic E-state index is 0.353. The molecular weight excluding hydrogens is 402 g/mol. The molecule has 0 aliphatic rings. The first kappa shape index (κ1) is 24.3. The predicted molar refractivity (Wildman–Crippen MR) is 129 cm³/mol. The number of ether oxygens (including phenoxy) is 2. The molecule has 0 saturated heterocycles. The minimum atomic E-state index is -0.357. The number of carbonyl (C=O) groups excluding carboxylic acids is 2. The Kier molecular flexibility index (Phi) is 9.11. The van der Waals surface area contributed by atoms with Crippen LogP contribution in [0, 0.1) is 0 Å². The molecule has 2 aromatic carbocycles. The standard InChI is InChI=1S/C27H28NO4/c1-6-7-25(19-14-22-12-17-24(18-13-22)27(30)32-5)28(3)20(2)8-9-21-10-15-23(16-11-21)26(29)31-4/h6-19H,1H2,2-5H3/q+1/b9-8+,19-14+,25-7-,28-20+. The van der Waals surface area contributed by atoms with Crippen LogP contribution in [0.25, 0.3) is 12.2 Å². The number of allylic oxidation sites excluding steroid dienone is 4. The van der Waals surface area contributed by atoms with Crippen LogP contribution in [0.15, 0.2) is 85.1 Å². The topological polar surface area (TPSA) is 55.6 Å². The summed E-state index contributed by atoms with van der Waals surface area (Å²) in [5.74, 6) is -0.710. The van der Waals surface area contributed by atoms with Crippen LogP contribution in [0.3, 0.4) is 0 Å². The highest BCUT2D eigenvalue weighted by Crippen LogP contribution is 2.11. The molecule has 0 saturated carbocycles. The summed E-state index contributed by atoms with van der Waals surface area (Å²) in [4.78, 5) is 23.1. The molecule has 0 heterocycles. The molecule has 0 fully saturated rings. The highest BCUT2D eigenvalue weighted by Gasteiger charge is 2.08. The summed E-state index contributed by atoms with van der Waals surface area (Å²) in [5.41, 5.74) is 4.92. The average molecular weight is 431 g/mol. The lowest BCUT2D eigenvalue weighted by molar-refractivity contribution is -0.437. The SMILES string of the molecule is C=C/C=C(/C=C/c1ccc(C(=O)OC)cc1)[N+](\C)=C(C)\C=C\c1ccc(C(=O)OC)cc1. The molecule has 0 N–H and O–H groups in total. The summed E-state index contributed by atoms with van der Waals surface area (Å²) in [6, 6.07) is 14.4. The molecule has 0 aliphatic carbocycles. The van der Waals surface area contributed by atoms with E-state index in [2.05, 4.69) is 6.58 Å². The summed E-state index contributed by atoms with van der Waals surface area (Å²) in [6.45, 7) is 5.82. The number of nitrogens with zero attached hydrogens (tertiary/aromatic N) is 1. The molecule has 5 heteroatoms. The van der Waals surface area contributed by atoms with E-state index in [1.165, 1.54) is 14.2 Å².